The van der Waals surface area contributed by atoms with Crippen molar-refractivity contribution in [1.29, 1.82) is 0 Å². The zero-order valence-corrected chi connectivity index (χ0v) is 17.9. The van der Waals surface area contributed by atoms with Gasteiger partial charge in [0.15, 0.2) is 5.96 Å². The van der Waals surface area contributed by atoms with Gasteiger partial charge in [0.2, 0.25) is 15.9 Å². The number of rotatable bonds is 7. The largest absolute Gasteiger partial charge is 0.357 e. The van der Waals surface area contributed by atoms with Crippen LogP contribution in [-0.2, 0) is 21.2 Å². The van der Waals surface area contributed by atoms with Gasteiger partial charge in [-0.15, -0.1) is 0 Å². The fraction of sp³-hybridized carbons (Fsp3) is 0.579. The second-order valence-corrected chi connectivity index (χ2v) is 9.70. The molecule has 1 aliphatic rings. The van der Waals surface area contributed by atoms with E-state index >= 15 is 0 Å². The molecule has 1 aromatic rings. The van der Waals surface area contributed by atoms with Crippen LogP contribution in [0.5, 0.6) is 0 Å². The van der Waals surface area contributed by atoms with E-state index in [9.17, 15) is 13.2 Å². The maximum Gasteiger partial charge on any atom is 0.242 e. The Labute approximate surface area is 167 Å². The van der Waals surface area contributed by atoms with Gasteiger partial charge in [-0.1, -0.05) is 18.2 Å². The molecule has 3 N–H and O–H groups in total. The first-order valence-corrected chi connectivity index (χ1v) is 11.1. The first-order chi connectivity index (χ1) is 13.1. The van der Waals surface area contributed by atoms with Crippen LogP contribution in [0.25, 0.3) is 0 Å². The number of carbonyl (C=O) groups is 1. The molecule has 28 heavy (non-hydrogen) atoms. The smallest absolute Gasteiger partial charge is 0.242 e. The van der Waals surface area contributed by atoms with E-state index in [-0.39, 0.29) is 30.3 Å². The van der Waals surface area contributed by atoms with Crippen molar-refractivity contribution in [3.8, 4) is 0 Å². The fourth-order valence-electron chi connectivity index (χ4n) is 2.96. The van der Waals surface area contributed by atoms with Crippen molar-refractivity contribution in [3.63, 3.8) is 0 Å². The number of amides is 1. The summed E-state index contributed by atoms with van der Waals surface area (Å²) >= 11 is 0. The quantitative estimate of drug-likeness (QED) is 0.458. The molecule has 0 saturated heterocycles. The Kier molecular flexibility index (Phi) is 7.29. The standard InChI is InChI=1S/C19H31N5O3S/c1-5-20-18(22-14-17(25)23-19(2,3)4)21-11-13-28(26,27)24-12-10-15-8-6-7-9-16(15)24/h6-9H,5,10-14H2,1-4H3,(H,23,25)(H2,20,21,22). The highest BCUT2D eigenvalue weighted by Gasteiger charge is 2.28. The maximum atomic E-state index is 12.7. The van der Waals surface area contributed by atoms with Crippen molar-refractivity contribution >= 4 is 27.6 Å². The summed E-state index contributed by atoms with van der Waals surface area (Å²) in [5, 5.41) is 8.86. The summed E-state index contributed by atoms with van der Waals surface area (Å²) in [5.74, 6) is 0.175. The van der Waals surface area contributed by atoms with Crippen molar-refractivity contribution < 1.29 is 13.2 Å². The zero-order valence-electron chi connectivity index (χ0n) is 17.1. The van der Waals surface area contributed by atoms with Gasteiger partial charge in [0, 0.05) is 25.2 Å². The highest BCUT2D eigenvalue weighted by Crippen LogP contribution is 2.29. The predicted molar refractivity (Wildman–Crippen MR) is 113 cm³/mol. The normalized spacial score (nSPS) is 14.6. The predicted octanol–water partition coefficient (Wildman–Crippen LogP) is 0.849. The lowest BCUT2D eigenvalue weighted by molar-refractivity contribution is -0.121. The van der Waals surface area contributed by atoms with Gasteiger partial charge in [-0.05, 0) is 45.7 Å². The van der Waals surface area contributed by atoms with E-state index in [1.54, 1.807) is 0 Å². The van der Waals surface area contributed by atoms with Crippen molar-refractivity contribution in [2.75, 3.05) is 36.2 Å². The molecule has 0 radical (unpaired) electrons. The van der Waals surface area contributed by atoms with Crippen LogP contribution in [0.3, 0.4) is 0 Å². The molecule has 2 rings (SSSR count). The van der Waals surface area contributed by atoms with Crippen LogP contribution in [-0.4, -0.2) is 57.8 Å². The minimum atomic E-state index is -3.43. The summed E-state index contributed by atoms with van der Waals surface area (Å²) in [5.41, 5.74) is 1.50. The molecule has 156 valence electrons. The maximum absolute atomic E-state index is 12.7. The lowest BCUT2D eigenvalue weighted by atomic mass is 10.1. The highest BCUT2D eigenvalue weighted by atomic mass is 32.2. The number of hydrogen-bond donors (Lipinski definition) is 3. The molecular formula is C19H31N5O3S. The van der Waals surface area contributed by atoms with Gasteiger partial charge in [-0.2, -0.15) is 0 Å². The number of benzene rings is 1. The Morgan fingerprint density at radius 2 is 1.93 bits per heavy atom. The molecule has 0 spiro atoms. The van der Waals surface area contributed by atoms with E-state index in [0.29, 0.717) is 19.0 Å². The number of carbonyl (C=O) groups excluding carboxylic acids is 1. The van der Waals surface area contributed by atoms with E-state index in [1.807, 2.05) is 52.0 Å². The molecule has 0 saturated carbocycles. The monoisotopic (exact) mass is 409 g/mol. The average Bonchev–Trinajstić information content (AvgIpc) is 3.03. The molecule has 1 aromatic carbocycles. The van der Waals surface area contributed by atoms with E-state index in [4.69, 9.17) is 0 Å². The Morgan fingerprint density at radius 1 is 1.21 bits per heavy atom. The van der Waals surface area contributed by atoms with E-state index in [0.717, 1.165) is 17.7 Å². The summed E-state index contributed by atoms with van der Waals surface area (Å²) in [7, 11) is -3.43. The molecule has 8 nitrogen and oxygen atoms in total. The SMILES string of the molecule is CCNC(=NCC(=O)NC(C)(C)C)NCCS(=O)(=O)N1CCc2ccccc21. The zero-order chi connectivity index (χ0) is 20.8. The average molecular weight is 410 g/mol. The minimum absolute atomic E-state index is 0.0289. The second kappa shape index (κ2) is 9.27. The Morgan fingerprint density at radius 3 is 2.61 bits per heavy atom. The van der Waals surface area contributed by atoms with Gasteiger partial charge in [0.05, 0.1) is 11.4 Å². The summed E-state index contributed by atoms with van der Waals surface area (Å²) in [6, 6.07) is 7.57. The Balaban J connectivity index is 1.91. The number of hydrogen-bond acceptors (Lipinski definition) is 4. The third kappa shape index (κ3) is 6.40. The number of nitrogens with zero attached hydrogens (tertiary/aromatic N) is 2. The molecule has 1 amide bonds. The summed E-state index contributed by atoms with van der Waals surface area (Å²) < 4.78 is 26.9. The highest BCUT2D eigenvalue weighted by molar-refractivity contribution is 7.92. The van der Waals surface area contributed by atoms with Crippen LogP contribution in [0.15, 0.2) is 29.3 Å². The van der Waals surface area contributed by atoms with E-state index in [1.165, 1.54) is 4.31 Å². The number of para-hydroxylation sites is 1. The molecule has 0 bridgehead atoms. The Hall–Kier alpha value is -2.29. The third-order valence-corrected chi connectivity index (χ3v) is 5.84. The molecular weight excluding hydrogens is 378 g/mol. The Bertz CT molecular complexity index is 815. The van der Waals surface area contributed by atoms with E-state index in [2.05, 4.69) is 20.9 Å². The lowest BCUT2D eigenvalue weighted by Crippen LogP contribution is -2.44. The molecule has 1 aliphatic heterocycles. The number of fused-ring (bicyclic) bond motifs is 1. The van der Waals surface area contributed by atoms with Crippen LogP contribution in [0.2, 0.25) is 0 Å². The van der Waals surface area contributed by atoms with Crippen LogP contribution >= 0.6 is 0 Å². The molecule has 1 heterocycles. The number of anilines is 1. The fourth-order valence-corrected chi connectivity index (χ4v) is 4.38. The molecule has 0 fully saturated rings. The number of nitrogens with one attached hydrogen (secondary N) is 3. The summed E-state index contributed by atoms with van der Waals surface area (Å²) in [6.07, 6.45) is 0.732. The van der Waals surface area contributed by atoms with Gasteiger partial charge in [0.25, 0.3) is 0 Å². The molecule has 0 aliphatic carbocycles. The third-order valence-electron chi connectivity index (χ3n) is 4.07. The minimum Gasteiger partial charge on any atom is -0.357 e. The van der Waals surface area contributed by atoms with Crippen molar-refractivity contribution in [1.82, 2.24) is 16.0 Å². The van der Waals surface area contributed by atoms with Crippen LogP contribution in [0.4, 0.5) is 5.69 Å². The van der Waals surface area contributed by atoms with Crippen molar-refractivity contribution in [2.24, 2.45) is 4.99 Å². The molecule has 0 unspecified atom stereocenters. The second-order valence-electron chi connectivity index (χ2n) is 7.69. The van der Waals surface area contributed by atoms with Gasteiger partial charge >= 0.3 is 0 Å². The lowest BCUT2D eigenvalue weighted by Gasteiger charge is -2.21. The molecule has 0 atom stereocenters. The van der Waals surface area contributed by atoms with Gasteiger partial charge < -0.3 is 16.0 Å². The van der Waals surface area contributed by atoms with Gasteiger partial charge in [-0.25, -0.2) is 13.4 Å². The topological polar surface area (TPSA) is 103 Å². The van der Waals surface area contributed by atoms with Gasteiger partial charge in [-0.3, -0.25) is 9.10 Å². The number of aliphatic imine (C=N–C) groups is 1. The molecule has 0 aromatic heterocycles. The number of sulfonamides is 1. The first kappa shape index (κ1) is 22.0. The van der Waals surface area contributed by atoms with Crippen molar-refractivity contribution in [2.45, 2.75) is 39.7 Å². The number of guanidine groups is 1. The van der Waals surface area contributed by atoms with Crippen LogP contribution < -0.4 is 20.3 Å². The first-order valence-electron chi connectivity index (χ1n) is 9.54. The summed E-state index contributed by atoms with van der Waals surface area (Å²) in [6.45, 7) is 8.87. The van der Waals surface area contributed by atoms with E-state index < -0.39 is 10.0 Å². The van der Waals surface area contributed by atoms with Crippen molar-refractivity contribution in [3.05, 3.63) is 29.8 Å². The van der Waals surface area contributed by atoms with Gasteiger partial charge in [0.1, 0.15) is 6.54 Å². The van der Waals surface area contributed by atoms with Crippen LogP contribution in [0.1, 0.15) is 33.3 Å². The molecule has 9 heteroatoms. The summed E-state index contributed by atoms with van der Waals surface area (Å²) in [4.78, 5) is 16.1. The van der Waals surface area contributed by atoms with Crippen LogP contribution in [0, 0.1) is 0 Å².